The highest BCUT2D eigenvalue weighted by atomic mass is 16.7. The Morgan fingerprint density at radius 1 is 1.25 bits per heavy atom. The molecular formula is C6H10O2. The summed E-state index contributed by atoms with van der Waals surface area (Å²) in [6, 6.07) is 0. The quantitative estimate of drug-likeness (QED) is 0.501. The molecule has 2 rings (SSSR count). The molecule has 2 heteroatoms. The molecule has 0 aromatic carbocycles. The first kappa shape index (κ1) is 4.77. The average molecular weight is 114 g/mol. The van der Waals surface area contributed by atoms with Crippen LogP contribution in [0.2, 0.25) is 0 Å². The molecule has 1 saturated carbocycles. The fourth-order valence-electron chi connectivity index (χ4n) is 1.09. The molecule has 1 atom stereocenters. The van der Waals surface area contributed by atoms with Crippen molar-refractivity contribution < 1.29 is 9.47 Å². The first-order valence-corrected chi connectivity index (χ1v) is 3.16. The van der Waals surface area contributed by atoms with Crippen molar-refractivity contribution in [3.63, 3.8) is 0 Å². The van der Waals surface area contributed by atoms with E-state index >= 15 is 0 Å². The molecule has 46 valence electrons. The zero-order valence-corrected chi connectivity index (χ0v) is 4.80. The summed E-state index contributed by atoms with van der Waals surface area (Å²) < 4.78 is 10.3. The average Bonchev–Trinajstić information content (AvgIpc) is 2.49. The van der Waals surface area contributed by atoms with Gasteiger partial charge in [-0.1, -0.05) is 0 Å². The van der Waals surface area contributed by atoms with Crippen LogP contribution in [0.1, 0.15) is 12.8 Å². The Morgan fingerprint density at radius 2 is 2.12 bits per heavy atom. The van der Waals surface area contributed by atoms with Crippen LogP contribution in [0, 0.1) is 5.92 Å². The fourth-order valence-corrected chi connectivity index (χ4v) is 1.09. The zero-order valence-electron chi connectivity index (χ0n) is 4.80. The lowest BCUT2D eigenvalue weighted by Crippen LogP contribution is -2.10. The molecule has 1 heterocycles. The highest BCUT2D eigenvalue weighted by molar-refractivity contribution is 4.82. The molecule has 0 aromatic rings. The van der Waals surface area contributed by atoms with E-state index in [4.69, 9.17) is 9.47 Å². The van der Waals surface area contributed by atoms with Crippen LogP contribution in [0.4, 0.5) is 0 Å². The van der Waals surface area contributed by atoms with Crippen LogP contribution in [-0.2, 0) is 9.47 Å². The van der Waals surface area contributed by atoms with E-state index in [2.05, 4.69) is 0 Å². The van der Waals surface area contributed by atoms with Gasteiger partial charge in [0.25, 0.3) is 0 Å². The van der Waals surface area contributed by atoms with Crippen molar-refractivity contribution in [2.24, 2.45) is 5.92 Å². The monoisotopic (exact) mass is 114 g/mol. The molecule has 0 spiro atoms. The van der Waals surface area contributed by atoms with Crippen molar-refractivity contribution >= 4 is 0 Å². The Morgan fingerprint density at radius 3 is 2.62 bits per heavy atom. The lowest BCUT2D eigenvalue weighted by Gasteiger charge is -2.01. The Labute approximate surface area is 48.8 Å². The summed E-state index contributed by atoms with van der Waals surface area (Å²) in [7, 11) is 0. The van der Waals surface area contributed by atoms with E-state index in [1.807, 2.05) is 0 Å². The van der Waals surface area contributed by atoms with Crippen LogP contribution in [-0.4, -0.2) is 19.5 Å². The third kappa shape index (κ3) is 0.740. The Balaban J connectivity index is 1.86. The largest absolute Gasteiger partial charge is 0.353 e. The summed E-state index contributed by atoms with van der Waals surface area (Å²) in [6.45, 7) is 1.37. The molecule has 2 nitrogen and oxygen atoms in total. The van der Waals surface area contributed by atoms with E-state index in [1.165, 1.54) is 12.8 Å². The van der Waals surface area contributed by atoms with Crippen molar-refractivity contribution in [1.29, 1.82) is 0 Å². The minimum absolute atomic E-state index is 0.454. The summed E-state index contributed by atoms with van der Waals surface area (Å²) in [5.74, 6) is 0.845. The van der Waals surface area contributed by atoms with Gasteiger partial charge in [-0.05, 0) is 18.8 Å². The van der Waals surface area contributed by atoms with Gasteiger partial charge in [0.05, 0.1) is 12.7 Å². The van der Waals surface area contributed by atoms with Gasteiger partial charge in [0.1, 0.15) is 6.79 Å². The highest BCUT2D eigenvalue weighted by Gasteiger charge is 2.34. The van der Waals surface area contributed by atoms with Gasteiger partial charge in [0.2, 0.25) is 0 Å². The Bertz CT molecular complexity index is 82.5. The zero-order chi connectivity index (χ0) is 5.40. The van der Waals surface area contributed by atoms with Crippen LogP contribution in [0.5, 0.6) is 0 Å². The molecule has 2 aliphatic rings. The maximum absolute atomic E-state index is 5.25. The minimum Gasteiger partial charge on any atom is -0.353 e. The van der Waals surface area contributed by atoms with Gasteiger partial charge in [0, 0.05) is 0 Å². The van der Waals surface area contributed by atoms with Crippen molar-refractivity contribution in [3.8, 4) is 0 Å². The molecular weight excluding hydrogens is 104 g/mol. The Hall–Kier alpha value is -0.0800. The minimum atomic E-state index is 0.454. The topological polar surface area (TPSA) is 18.5 Å². The second kappa shape index (κ2) is 1.71. The molecule has 1 aliphatic heterocycles. The lowest BCUT2D eigenvalue weighted by molar-refractivity contribution is 0.0409. The van der Waals surface area contributed by atoms with E-state index in [0.29, 0.717) is 12.9 Å². The number of hydrogen-bond donors (Lipinski definition) is 0. The normalized spacial score (nSPS) is 38.2. The van der Waals surface area contributed by atoms with Crippen molar-refractivity contribution in [1.82, 2.24) is 0 Å². The molecule has 1 aliphatic carbocycles. The molecule has 0 radical (unpaired) electrons. The number of ether oxygens (including phenoxy) is 2. The summed E-state index contributed by atoms with van der Waals surface area (Å²) >= 11 is 0. The van der Waals surface area contributed by atoms with Gasteiger partial charge in [-0.3, -0.25) is 0 Å². The summed E-state index contributed by atoms with van der Waals surface area (Å²) in [6.07, 6.45) is 3.16. The fraction of sp³-hybridized carbons (Fsp3) is 1.00. The maximum Gasteiger partial charge on any atom is 0.147 e. The van der Waals surface area contributed by atoms with E-state index in [-0.39, 0.29) is 0 Å². The van der Waals surface area contributed by atoms with Crippen LogP contribution in [0.15, 0.2) is 0 Å². The molecule has 0 amide bonds. The predicted molar refractivity (Wildman–Crippen MR) is 28.4 cm³/mol. The summed E-state index contributed by atoms with van der Waals surface area (Å²) in [5.41, 5.74) is 0. The SMILES string of the molecule is C1OC[C@@H](C2CC2)O1. The predicted octanol–water partition coefficient (Wildman–Crippen LogP) is 0.769. The second-order valence-corrected chi connectivity index (χ2v) is 2.53. The summed E-state index contributed by atoms with van der Waals surface area (Å²) in [5, 5.41) is 0. The van der Waals surface area contributed by atoms with Crippen LogP contribution in [0.25, 0.3) is 0 Å². The molecule has 0 N–H and O–H groups in total. The first-order chi connectivity index (χ1) is 3.97. The molecule has 0 bridgehead atoms. The van der Waals surface area contributed by atoms with Gasteiger partial charge >= 0.3 is 0 Å². The van der Waals surface area contributed by atoms with Crippen molar-refractivity contribution in [3.05, 3.63) is 0 Å². The molecule has 1 saturated heterocycles. The first-order valence-electron chi connectivity index (χ1n) is 3.16. The van der Waals surface area contributed by atoms with E-state index in [1.54, 1.807) is 0 Å². The molecule has 0 aromatic heterocycles. The van der Waals surface area contributed by atoms with Crippen LogP contribution in [0.3, 0.4) is 0 Å². The lowest BCUT2D eigenvalue weighted by atomic mass is 10.2. The number of hydrogen-bond acceptors (Lipinski definition) is 2. The van der Waals surface area contributed by atoms with E-state index in [0.717, 1.165) is 12.5 Å². The highest BCUT2D eigenvalue weighted by Crippen LogP contribution is 2.35. The van der Waals surface area contributed by atoms with Gasteiger partial charge in [-0.2, -0.15) is 0 Å². The summed E-state index contributed by atoms with van der Waals surface area (Å²) in [4.78, 5) is 0. The number of rotatable bonds is 1. The second-order valence-electron chi connectivity index (χ2n) is 2.53. The molecule has 2 fully saturated rings. The third-order valence-electron chi connectivity index (χ3n) is 1.80. The maximum atomic E-state index is 5.25. The van der Waals surface area contributed by atoms with Crippen LogP contribution < -0.4 is 0 Å². The third-order valence-corrected chi connectivity index (χ3v) is 1.80. The van der Waals surface area contributed by atoms with Gasteiger partial charge < -0.3 is 9.47 Å². The van der Waals surface area contributed by atoms with Crippen molar-refractivity contribution in [2.45, 2.75) is 18.9 Å². The van der Waals surface area contributed by atoms with E-state index < -0.39 is 0 Å². The standard InChI is InChI=1S/C6H10O2/c1-2-5(1)6-3-7-4-8-6/h5-6H,1-4H2/t6-/m0/s1. The van der Waals surface area contributed by atoms with E-state index in [9.17, 15) is 0 Å². The molecule has 8 heavy (non-hydrogen) atoms. The van der Waals surface area contributed by atoms with Crippen molar-refractivity contribution in [2.75, 3.05) is 13.4 Å². The molecule has 0 unspecified atom stereocenters. The smallest absolute Gasteiger partial charge is 0.147 e. The van der Waals surface area contributed by atoms with Crippen LogP contribution >= 0.6 is 0 Å². The van der Waals surface area contributed by atoms with Gasteiger partial charge in [-0.15, -0.1) is 0 Å². The Kier molecular flexibility index (Phi) is 1.02. The van der Waals surface area contributed by atoms with Gasteiger partial charge in [-0.25, -0.2) is 0 Å². The van der Waals surface area contributed by atoms with Gasteiger partial charge in [0.15, 0.2) is 0 Å².